The van der Waals surface area contributed by atoms with Gasteiger partial charge < -0.3 is 4.90 Å². The SMILES string of the molecule is CN(C)/C(=C\C(=O)C(F)(F)F)CN=[N+]=[N-]. The molecule has 0 atom stereocenters. The Balaban J connectivity index is 4.84. The largest absolute Gasteiger partial charge is 0.454 e. The lowest BCUT2D eigenvalue weighted by molar-refractivity contribution is -0.165. The summed E-state index contributed by atoms with van der Waals surface area (Å²) >= 11 is 0. The van der Waals surface area contributed by atoms with E-state index in [0.717, 1.165) is 0 Å². The number of alkyl halides is 3. The van der Waals surface area contributed by atoms with Crippen LogP contribution in [0.1, 0.15) is 0 Å². The molecule has 0 unspecified atom stereocenters. The second kappa shape index (κ2) is 5.26. The van der Waals surface area contributed by atoms with Crippen LogP contribution >= 0.6 is 0 Å². The maximum Gasteiger partial charge on any atom is 0.454 e. The third kappa shape index (κ3) is 4.92. The number of allylic oxidation sites excluding steroid dienone is 1. The van der Waals surface area contributed by atoms with E-state index < -0.39 is 12.0 Å². The fourth-order valence-electron chi connectivity index (χ4n) is 0.653. The molecule has 0 saturated heterocycles. The van der Waals surface area contributed by atoms with Gasteiger partial charge in [-0.25, -0.2) is 0 Å². The van der Waals surface area contributed by atoms with Gasteiger partial charge in [0.05, 0.1) is 6.54 Å². The van der Waals surface area contributed by atoms with Crippen LogP contribution in [0.5, 0.6) is 0 Å². The summed E-state index contributed by atoms with van der Waals surface area (Å²) in [6, 6.07) is 0. The number of rotatable bonds is 4. The van der Waals surface area contributed by atoms with Gasteiger partial charge in [-0.05, 0) is 5.53 Å². The molecule has 0 aromatic rings. The maximum absolute atomic E-state index is 11.9. The molecule has 15 heavy (non-hydrogen) atoms. The standard InChI is InChI=1S/C7H9F3N4O/c1-14(2)5(4-12-13-11)3-6(15)7(8,9)10/h3H,4H2,1-2H3/b5-3-. The highest BCUT2D eigenvalue weighted by Crippen LogP contribution is 2.17. The fraction of sp³-hybridized carbons (Fsp3) is 0.571. The Labute approximate surface area is 83.8 Å². The summed E-state index contributed by atoms with van der Waals surface area (Å²) in [6.45, 7) is -0.300. The van der Waals surface area contributed by atoms with Crippen molar-refractivity contribution >= 4 is 5.78 Å². The van der Waals surface area contributed by atoms with Crippen LogP contribution in [0.3, 0.4) is 0 Å². The first-order valence-corrected chi connectivity index (χ1v) is 3.79. The van der Waals surface area contributed by atoms with E-state index in [0.29, 0.717) is 6.08 Å². The van der Waals surface area contributed by atoms with Gasteiger partial charge in [0, 0.05) is 30.8 Å². The van der Waals surface area contributed by atoms with Gasteiger partial charge in [-0.2, -0.15) is 13.2 Å². The third-order valence-electron chi connectivity index (χ3n) is 1.45. The minimum Gasteiger partial charge on any atom is -0.381 e. The summed E-state index contributed by atoms with van der Waals surface area (Å²) < 4.78 is 35.6. The number of hydrogen-bond acceptors (Lipinski definition) is 3. The van der Waals surface area contributed by atoms with Gasteiger partial charge in [-0.1, -0.05) is 5.11 Å². The van der Waals surface area contributed by atoms with Crippen molar-refractivity contribution in [2.75, 3.05) is 20.6 Å². The van der Waals surface area contributed by atoms with Gasteiger partial charge >= 0.3 is 6.18 Å². The Morgan fingerprint density at radius 3 is 2.40 bits per heavy atom. The molecular weight excluding hydrogens is 213 g/mol. The van der Waals surface area contributed by atoms with Gasteiger partial charge in [0.2, 0.25) is 0 Å². The first-order valence-electron chi connectivity index (χ1n) is 3.79. The van der Waals surface area contributed by atoms with Gasteiger partial charge in [0.25, 0.3) is 5.78 Å². The highest BCUT2D eigenvalue weighted by molar-refractivity contribution is 5.94. The Hall–Kier alpha value is -1.69. The zero-order valence-electron chi connectivity index (χ0n) is 8.12. The van der Waals surface area contributed by atoms with E-state index in [-0.39, 0.29) is 12.2 Å². The van der Waals surface area contributed by atoms with Crippen molar-refractivity contribution in [1.82, 2.24) is 4.90 Å². The smallest absolute Gasteiger partial charge is 0.381 e. The van der Waals surface area contributed by atoms with Crippen molar-refractivity contribution in [1.29, 1.82) is 0 Å². The van der Waals surface area contributed by atoms with E-state index in [1.807, 2.05) is 0 Å². The Morgan fingerprint density at radius 1 is 1.53 bits per heavy atom. The van der Waals surface area contributed by atoms with E-state index in [9.17, 15) is 18.0 Å². The highest BCUT2D eigenvalue weighted by Gasteiger charge is 2.36. The van der Waals surface area contributed by atoms with Crippen molar-refractivity contribution in [3.05, 3.63) is 22.2 Å². The molecule has 84 valence electrons. The molecule has 0 radical (unpaired) electrons. The Bertz CT molecular complexity index is 315. The second-order valence-corrected chi connectivity index (χ2v) is 2.78. The molecule has 0 aromatic heterocycles. The van der Waals surface area contributed by atoms with E-state index in [1.54, 1.807) is 0 Å². The molecule has 0 aliphatic rings. The van der Waals surface area contributed by atoms with Crippen molar-refractivity contribution in [3.63, 3.8) is 0 Å². The molecule has 0 aromatic carbocycles. The summed E-state index contributed by atoms with van der Waals surface area (Å²) in [5, 5.41) is 3.08. The number of hydrogen-bond donors (Lipinski definition) is 0. The minimum atomic E-state index is -4.91. The molecule has 0 heterocycles. The molecule has 0 aliphatic heterocycles. The number of ketones is 1. The quantitative estimate of drug-likeness (QED) is 0.315. The number of carbonyl (C=O) groups is 1. The molecule has 8 heteroatoms. The van der Waals surface area contributed by atoms with Crippen molar-refractivity contribution < 1.29 is 18.0 Å². The summed E-state index contributed by atoms with van der Waals surface area (Å²) in [5.41, 5.74) is 7.99. The lowest BCUT2D eigenvalue weighted by atomic mass is 10.3. The average Bonchev–Trinajstić information content (AvgIpc) is 2.09. The first-order chi connectivity index (χ1) is 6.79. The fourth-order valence-corrected chi connectivity index (χ4v) is 0.653. The summed E-state index contributed by atoms with van der Waals surface area (Å²) in [5.74, 6) is -1.97. The Kier molecular flexibility index (Phi) is 4.66. The lowest BCUT2D eigenvalue weighted by Crippen LogP contribution is -2.23. The third-order valence-corrected chi connectivity index (χ3v) is 1.45. The van der Waals surface area contributed by atoms with Crippen molar-refractivity contribution in [2.45, 2.75) is 6.18 Å². The topological polar surface area (TPSA) is 69.1 Å². The molecule has 0 aliphatic carbocycles. The van der Waals surface area contributed by atoms with Crippen LogP contribution in [0.15, 0.2) is 16.9 Å². The zero-order valence-corrected chi connectivity index (χ0v) is 8.12. The molecule has 0 spiro atoms. The maximum atomic E-state index is 11.9. The van der Waals surface area contributed by atoms with E-state index in [2.05, 4.69) is 10.0 Å². The highest BCUT2D eigenvalue weighted by atomic mass is 19.4. The van der Waals surface area contributed by atoms with Crippen LogP contribution in [0, 0.1) is 0 Å². The molecule has 5 nitrogen and oxygen atoms in total. The summed E-state index contributed by atoms with van der Waals surface area (Å²) in [6.07, 6.45) is -4.49. The molecule has 0 bridgehead atoms. The molecule has 0 fully saturated rings. The number of nitrogens with zero attached hydrogens (tertiary/aromatic N) is 4. The van der Waals surface area contributed by atoms with Gasteiger partial charge in [-0.3, -0.25) is 4.79 Å². The molecule has 0 amide bonds. The van der Waals surface area contributed by atoms with Crippen LogP contribution in [-0.4, -0.2) is 37.5 Å². The lowest BCUT2D eigenvalue weighted by Gasteiger charge is -2.15. The number of halogens is 3. The van der Waals surface area contributed by atoms with E-state index >= 15 is 0 Å². The monoisotopic (exact) mass is 222 g/mol. The van der Waals surface area contributed by atoms with Gasteiger partial charge in [0.1, 0.15) is 0 Å². The summed E-state index contributed by atoms with van der Waals surface area (Å²) in [7, 11) is 2.89. The van der Waals surface area contributed by atoms with Gasteiger partial charge in [0.15, 0.2) is 0 Å². The van der Waals surface area contributed by atoms with Crippen molar-refractivity contribution in [3.8, 4) is 0 Å². The summed E-state index contributed by atoms with van der Waals surface area (Å²) in [4.78, 5) is 14.2. The zero-order chi connectivity index (χ0) is 12.1. The van der Waals surface area contributed by atoms with Crippen LogP contribution in [0.25, 0.3) is 10.4 Å². The average molecular weight is 222 g/mol. The predicted octanol–water partition coefficient (Wildman–Crippen LogP) is 1.87. The number of carbonyl (C=O) groups excluding carboxylic acids is 1. The molecular formula is C7H9F3N4O. The van der Waals surface area contributed by atoms with Crippen LogP contribution in [0.2, 0.25) is 0 Å². The second-order valence-electron chi connectivity index (χ2n) is 2.78. The van der Waals surface area contributed by atoms with Gasteiger partial charge in [-0.15, -0.1) is 0 Å². The molecule has 0 N–H and O–H groups in total. The molecule has 0 saturated carbocycles. The number of azide groups is 1. The Morgan fingerprint density at radius 2 is 2.07 bits per heavy atom. The van der Waals surface area contributed by atoms with Crippen LogP contribution in [0.4, 0.5) is 13.2 Å². The molecule has 0 rings (SSSR count). The van der Waals surface area contributed by atoms with Crippen molar-refractivity contribution in [2.24, 2.45) is 5.11 Å². The first kappa shape index (κ1) is 13.3. The van der Waals surface area contributed by atoms with Crippen LogP contribution in [-0.2, 0) is 4.79 Å². The van der Waals surface area contributed by atoms with E-state index in [4.69, 9.17) is 5.53 Å². The number of likely N-dealkylation sites (N-methyl/N-ethyl adjacent to an activating group) is 1. The predicted molar refractivity (Wildman–Crippen MR) is 46.8 cm³/mol. The van der Waals surface area contributed by atoms with E-state index in [1.165, 1.54) is 19.0 Å². The normalized spacial score (nSPS) is 11.9. The minimum absolute atomic E-state index is 0.00451. The van der Waals surface area contributed by atoms with Crippen LogP contribution < -0.4 is 0 Å².